The van der Waals surface area contributed by atoms with Crippen molar-refractivity contribution in [3.63, 3.8) is 0 Å². The van der Waals surface area contributed by atoms with E-state index < -0.39 is 5.41 Å². The normalized spacial score (nSPS) is 17.4. The Bertz CT molecular complexity index is 430. The lowest BCUT2D eigenvalue weighted by molar-refractivity contribution is -0.128. The van der Waals surface area contributed by atoms with Crippen LogP contribution in [0.5, 0.6) is 0 Å². The number of hydrogen-bond donors (Lipinski definition) is 1. The van der Waals surface area contributed by atoms with E-state index in [1.807, 2.05) is 12.1 Å². The van der Waals surface area contributed by atoms with Crippen LogP contribution in [0.1, 0.15) is 31.2 Å². The average molecular weight is 229 g/mol. The second-order valence-corrected chi connectivity index (χ2v) is 4.44. The Balaban J connectivity index is 1.96. The summed E-state index contributed by atoms with van der Waals surface area (Å²) in [5.74, 6) is -0.138. The minimum Gasteiger partial charge on any atom is -0.351 e. The van der Waals surface area contributed by atoms with Crippen LogP contribution < -0.4 is 5.32 Å². The first-order valence-corrected chi connectivity index (χ1v) is 5.85. The number of nitrogens with one attached hydrogen (secondary N) is 1. The van der Waals surface area contributed by atoms with Crippen molar-refractivity contribution < 1.29 is 4.79 Å². The summed E-state index contributed by atoms with van der Waals surface area (Å²) < 4.78 is 0. The van der Waals surface area contributed by atoms with E-state index in [0.29, 0.717) is 19.4 Å². The van der Waals surface area contributed by atoms with Gasteiger partial charge < -0.3 is 5.32 Å². The molecule has 0 aliphatic heterocycles. The predicted molar refractivity (Wildman–Crippen MR) is 62.6 cm³/mol. The van der Waals surface area contributed by atoms with Crippen molar-refractivity contribution >= 4 is 5.91 Å². The number of rotatable bonds is 3. The molecule has 0 atom stereocenters. The molecule has 1 heterocycles. The van der Waals surface area contributed by atoms with E-state index in [1.165, 1.54) is 0 Å². The second kappa shape index (κ2) is 4.96. The van der Waals surface area contributed by atoms with Gasteiger partial charge in [-0.25, -0.2) is 0 Å². The first-order chi connectivity index (χ1) is 8.27. The fraction of sp³-hybridized carbons (Fsp3) is 0.462. The Morgan fingerprint density at radius 2 is 2.29 bits per heavy atom. The van der Waals surface area contributed by atoms with Crippen molar-refractivity contribution in [2.24, 2.45) is 5.41 Å². The molecule has 1 N–H and O–H groups in total. The lowest BCUT2D eigenvalue weighted by atomic mass is 9.87. The lowest BCUT2D eigenvalue weighted by Crippen LogP contribution is -2.37. The molecule has 1 aliphatic carbocycles. The summed E-state index contributed by atoms with van der Waals surface area (Å²) in [6, 6.07) is 5.92. The van der Waals surface area contributed by atoms with Crippen molar-refractivity contribution in [2.45, 2.75) is 32.2 Å². The van der Waals surface area contributed by atoms with E-state index in [4.69, 9.17) is 5.26 Å². The first-order valence-electron chi connectivity index (χ1n) is 5.85. The second-order valence-electron chi connectivity index (χ2n) is 4.44. The fourth-order valence-electron chi connectivity index (χ4n) is 2.22. The molecule has 88 valence electrons. The van der Waals surface area contributed by atoms with Crippen LogP contribution in [0, 0.1) is 16.7 Å². The Labute approximate surface area is 101 Å². The van der Waals surface area contributed by atoms with Gasteiger partial charge in [0.25, 0.3) is 0 Å². The zero-order chi connectivity index (χ0) is 12.1. The van der Waals surface area contributed by atoms with Crippen molar-refractivity contribution in [1.82, 2.24) is 10.3 Å². The minimum absolute atomic E-state index is 0.138. The zero-order valence-electron chi connectivity index (χ0n) is 9.65. The van der Waals surface area contributed by atoms with Crippen LogP contribution in [0.2, 0.25) is 0 Å². The third kappa shape index (κ3) is 2.44. The topological polar surface area (TPSA) is 65.8 Å². The molecular formula is C13H15N3O. The van der Waals surface area contributed by atoms with Gasteiger partial charge in [-0.05, 0) is 24.5 Å². The average Bonchev–Trinajstić information content (AvgIpc) is 2.87. The third-order valence-electron chi connectivity index (χ3n) is 3.28. The highest BCUT2D eigenvalue weighted by Gasteiger charge is 2.41. The molecule has 0 bridgehead atoms. The molecule has 0 spiro atoms. The van der Waals surface area contributed by atoms with Crippen LogP contribution in [0.3, 0.4) is 0 Å². The molecule has 0 saturated heterocycles. The molecular weight excluding hydrogens is 214 g/mol. The van der Waals surface area contributed by atoms with Gasteiger partial charge in [-0.3, -0.25) is 9.78 Å². The standard InChI is InChI=1S/C13H15N3O/c14-10-13(5-1-2-6-13)12(17)16-9-11-4-3-7-15-8-11/h3-4,7-8H,1-2,5-6,9H2,(H,16,17). The third-order valence-corrected chi connectivity index (χ3v) is 3.28. The number of amides is 1. The highest BCUT2D eigenvalue weighted by atomic mass is 16.2. The SMILES string of the molecule is N#CC1(C(=O)NCc2cccnc2)CCCC1. The summed E-state index contributed by atoms with van der Waals surface area (Å²) in [5, 5.41) is 12.0. The maximum atomic E-state index is 12.0. The molecule has 1 aromatic rings. The lowest BCUT2D eigenvalue weighted by Gasteiger charge is -2.19. The molecule has 1 fully saturated rings. The Morgan fingerprint density at radius 1 is 1.53 bits per heavy atom. The van der Waals surface area contributed by atoms with Gasteiger partial charge in [0.1, 0.15) is 5.41 Å². The molecule has 0 radical (unpaired) electrons. The van der Waals surface area contributed by atoms with Gasteiger partial charge >= 0.3 is 0 Å². The highest BCUT2D eigenvalue weighted by molar-refractivity contribution is 5.85. The zero-order valence-corrected chi connectivity index (χ0v) is 9.65. The van der Waals surface area contributed by atoms with Crippen molar-refractivity contribution in [3.05, 3.63) is 30.1 Å². The Morgan fingerprint density at radius 3 is 2.88 bits per heavy atom. The van der Waals surface area contributed by atoms with E-state index in [-0.39, 0.29) is 5.91 Å². The maximum absolute atomic E-state index is 12.0. The summed E-state index contributed by atoms with van der Waals surface area (Å²) in [7, 11) is 0. The summed E-state index contributed by atoms with van der Waals surface area (Å²) in [4.78, 5) is 16.0. The van der Waals surface area contributed by atoms with Gasteiger partial charge in [-0.2, -0.15) is 5.26 Å². The molecule has 0 unspecified atom stereocenters. The molecule has 0 aromatic carbocycles. The monoisotopic (exact) mass is 229 g/mol. The summed E-state index contributed by atoms with van der Waals surface area (Å²) >= 11 is 0. The van der Waals surface area contributed by atoms with Gasteiger partial charge in [0.15, 0.2) is 0 Å². The van der Waals surface area contributed by atoms with Crippen LogP contribution in [-0.2, 0) is 11.3 Å². The molecule has 4 heteroatoms. The van der Waals surface area contributed by atoms with Gasteiger partial charge in [0.05, 0.1) is 6.07 Å². The maximum Gasteiger partial charge on any atom is 0.240 e. The number of aromatic nitrogens is 1. The Hall–Kier alpha value is -1.89. The van der Waals surface area contributed by atoms with E-state index in [2.05, 4.69) is 16.4 Å². The predicted octanol–water partition coefficient (Wildman–Crippen LogP) is 1.78. The number of pyridine rings is 1. The van der Waals surface area contributed by atoms with Crippen LogP contribution in [-0.4, -0.2) is 10.9 Å². The fourth-order valence-corrected chi connectivity index (χ4v) is 2.22. The van der Waals surface area contributed by atoms with Crippen LogP contribution in [0.4, 0.5) is 0 Å². The largest absolute Gasteiger partial charge is 0.351 e. The van der Waals surface area contributed by atoms with Crippen molar-refractivity contribution in [3.8, 4) is 6.07 Å². The van der Waals surface area contributed by atoms with Crippen LogP contribution in [0.15, 0.2) is 24.5 Å². The summed E-state index contributed by atoms with van der Waals surface area (Å²) in [6.45, 7) is 0.441. The number of nitrogens with zero attached hydrogens (tertiary/aromatic N) is 2. The molecule has 1 amide bonds. The first kappa shape index (κ1) is 11.6. The summed E-state index contributed by atoms with van der Waals surface area (Å²) in [6.07, 6.45) is 6.71. The summed E-state index contributed by atoms with van der Waals surface area (Å²) in [5.41, 5.74) is 0.161. The Kier molecular flexibility index (Phi) is 3.38. The molecule has 1 aromatic heterocycles. The van der Waals surface area contributed by atoms with E-state index in [9.17, 15) is 4.79 Å². The van der Waals surface area contributed by atoms with E-state index in [0.717, 1.165) is 18.4 Å². The van der Waals surface area contributed by atoms with Gasteiger partial charge in [0.2, 0.25) is 5.91 Å². The van der Waals surface area contributed by atoms with E-state index >= 15 is 0 Å². The van der Waals surface area contributed by atoms with Crippen molar-refractivity contribution in [2.75, 3.05) is 0 Å². The molecule has 2 rings (SSSR count). The van der Waals surface area contributed by atoms with Gasteiger partial charge in [-0.1, -0.05) is 18.9 Å². The quantitative estimate of drug-likeness (QED) is 0.859. The van der Waals surface area contributed by atoms with Crippen LogP contribution in [0.25, 0.3) is 0 Å². The van der Waals surface area contributed by atoms with Crippen LogP contribution >= 0.6 is 0 Å². The van der Waals surface area contributed by atoms with E-state index in [1.54, 1.807) is 12.4 Å². The smallest absolute Gasteiger partial charge is 0.240 e. The van der Waals surface area contributed by atoms with Crippen molar-refractivity contribution in [1.29, 1.82) is 5.26 Å². The van der Waals surface area contributed by atoms with Gasteiger partial charge in [0, 0.05) is 18.9 Å². The van der Waals surface area contributed by atoms with Gasteiger partial charge in [-0.15, -0.1) is 0 Å². The highest BCUT2D eigenvalue weighted by Crippen LogP contribution is 2.37. The number of hydrogen-bond acceptors (Lipinski definition) is 3. The number of nitriles is 1. The molecule has 4 nitrogen and oxygen atoms in total. The number of carbonyl (C=O) groups is 1. The molecule has 17 heavy (non-hydrogen) atoms. The minimum atomic E-state index is -0.789. The number of carbonyl (C=O) groups excluding carboxylic acids is 1. The molecule has 1 aliphatic rings. The molecule has 1 saturated carbocycles.